The number of hydrogen-bond acceptors (Lipinski definition) is 2. The van der Waals surface area contributed by atoms with Gasteiger partial charge in [-0.05, 0) is 6.42 Å². The van der Waals surface area contributed by atoms with Crippen molar-refractivity contribution in [2.24, 2.45) is 4.99 Å². The summed E-state index contributed by atoms with van der Waals surface area (Å²) in [6, 6.07) is 0. The minimum absolute atomic E-state index is 0.178. The summed E-state index contributed by atoms with van der Waals surface area (Å²) in [7, 11) is 0. The highest BCUT2D eigenvalue weighted by atomic mass is 35.5. The number of halogens is 1. The molecule has 1 atom stereocenters. The van der Waals surface area contributed by atoms with E-state index in [0.29, 0.717) is 0 Å². The fraction of sp³-hybridized carbons (Fsp3) is 0.833. The lowest BCUT2D eigenvalue weighted by Gasteiger charge is -2.02. The Morgan fingerprint density at radius 3 is 3.11 bits per heavy atom. The summed E-state index contributed by atoms with van der Waals surface area (Å²) < 4.78 is 0. The fourth-order valence-electron chi connectivity index (χ4n) is 0.716. The van der Waals surface area contributed by atoms with Crippen LogP contribution < -0.4 is 0 Å². The molecule has 0 saturated carbocycles. The van der Waals surface area contributed by atoms with Gasteiger partial charge in [0.2, 0.25) is 0 Å². The van der Waals surface area contributed by atoms with Crippen molar-refractivity contribution in [1.29, 1.82) is 0 Å². The molecule has 0 fully saturated rings. The van der Waals surface area contributed by atoms with Crippen molar-refractivity contribution in [1.82, 2.24) is 0 Å². The van der Waals surface area contributed by atoms with E-state index >= 15 is 0 Å². The van der Waals surface area contributed by atoms with E-state index in [9.17, 15) is 0 Å². The van der Waals surface area contributed by atoms with Gasteiger partial charge < -0.3 is 0 Å². The van der Waals surface area contributed by atoms with Crippen LogP contribution in [0.2, 0.25) is 0 Å². The van der Waals surface area contributed by atoms with E-state index in [-0.39, 0.29) is 5.38 Å². The van der Waals surface area contributed by atoms with Crippen LogP contribution in [-0.4, -0.2) is 22.7 Å². The standard InChI is InChI=1S/C6H10ClNS/c1-2-5(7)6-8-3-4-9-6/h5H,2-4H2,1H3. The van der Waals surface area contributed by atoms with Crippen molar-refractivity contribution in [3.05, 3.63) is 0 Å². The number of nitrogens with zero attached hydrogens (tertiary/aromatic N) is 1. The van der Waals surface area contributed by atoms with Crippen molar-refractivity contribution in [3.8, 4) is 0 Å². The summed E-state index contributed by atoms with van der Waals surface area (Å²) >= 11 is 7.71. The van der Waals surface area contributed by atoms with Crippen LogP contribution in [0, 0.1) is 0 Å². The summed E-state index contributed by atoms with van der Waals surface area (Å²) in [6.45, 7) is 3.04. The summed E-state index contributed by atoms with van der Waals surface area (Å²) in [5.41, 5.74) is 0. The molecular formula is C6H10ClNS. The van der Waals surface area contributed by atoms with E-state index in [1.165, 1.54) is 0 Å². The van der Waals surface area contributed by atoms with Gasteiger partial charge in [0.25, 0.3) is 0 Å². The molecule has 0 aliphatic carbocycles. The van der Waals surface area contributed by atoms with Gasteiger partial charge in [-0.15, -0.1) is 23.4 Å². The molecule has 0 aromatic carbocycles. The molecule has 0 N–H and O–H groups in total. The zero-order chi connectivity index (χ0) is 6.69. The van der Waals surface area contributed by atoms with E-state index in [1.807, 2.05) is 0 Å². The molecule has 0 aromatic rings. The maximum Gasteiger partial charge on any atom is 0.0856 e. The highest BCUT2D eigenvalue weighted by Gasteiger charge is 2.14. The smallest absolute Gasteiger partial charge is 0.0856 e. The van der Waals surface area contributed by atoms with Crippen LogP contribution in [0.5, 0.6) is 0 Å². The van der Waals surface area contributed by atoms with Crippen molar-refractivity contribution in [3.63, 3.8) is 0 Å². The SMILES string of the molecule is CCC(Cl)C1=NCCS1. The quantitative estimate of drug-likeness (QED) is 0.569. The second-order valence-electron chi connectivity index (χ2n) is 1.94. The molecule has 1 nitrogen and oxygen atoms in total. The van der Waals surface area contributed by atoms with E-state index in [4.69, 9.17) is 11.6 Å². The maximum absolute atomic E-state index is 5.92. The van der Waals surface area contributed by atoms with Crippen LogP contribution in [0.3, 0.4) is 0 Å². The average Bonchev–Trinajstić information content (AvgIpc) is 2.37. The third kappa shape index (κ3) is 1.87. The molecule has 1 aliphatic rings. The van der Waals surface area contributed by atoms with Gasteiger partial charge in [0, 0.05) is 12.3 Å². The van der Waals surface area contributed by atoms with Crippen LogP contribution in [0.25, 0.3) is 0 Å². The largest absolute Gasteiger partial charge is 0.280 e. The topological polar surface area (TPSA) is 12.4 Å². The van der Waals surface area contributed by atoms with Gasteiger partial charge in [-0.1, -0.05) is 6.92 Å². The highest BCUT2D eigenvalue weighted by Crippen LogP contribution is 2.19. The van der Waals surface area contributed by atoms with E-state index < -0.39 is 0 Å². The lowest BCUT2D eigenvalue weighted by Crippen LogP contribution is -2.06. The number of thioether (sulfide) groups is 1. The van der Waals surface area contributed by atoms with Crippen molar-refractivity contribution < 1.29 is 0 Å². The first-order valence-electron chi connectivity index (χ1n) is 3.15. The predicted molar refractivity (Wildman–Crippen MR) is 44.7 cm³/mol. The predicted octanol–water partition coefficient (Wildman–Crippen LogP) is 2.15. The Morgan fingerprint density at radius 2 is 2.67 bits per heavy atom. The van der Waals surface area contributed by atoms with Crippen LogP contribution >= 0.6 is 23.4 Å². The molecule has 1 unspecified atom stereocenters. The lowest BCUT2D eigenvalue weighted by atomic mass is 10.3. The van der Waals surface area contributed by atoms with Gasteiger partial charge in [0.15, 0.2) is 0 Å². The van der Waals surface area contributed by atoms with E-state index in [1.54, 1.807) is 11.8 Å². The third-order valence-corrected chi connectivity index (χ3v) is 2.98. The van der Waals surface area contributed by atoms with Crippen LogP contribution in [-0.2, 0) is 0 Å². The van der Waals surface area contributed by atoms with Gasteiger partial charge in [-0.2, -0.15) is 0 Å². The van der Waals surface area contributed by atoms with E-state index in [0.717, 1.165) is 23.8 Å². The first-order chi connectivity index (χ1) is 4.34. The molecule has 1 aliphatic heterocycles. The summed E-state index contributed by atoms with van der Waals surface area (Å²) in [5, 5.41) is 1.32. The molecule has 1 heterocycles. The zero-order valence-corrected chi connectivity index (χ0v) is 7.00. The fourth-order valence-corrected chi connectivity index (χ4v) is 1.90. The molecule has 1 rings (SSSR count). The van der Waals surface area contributed by atoms with Gasteiger partial charge in [-0.25, -0.2) is 0 Å². The Bertz CT molecular complexity index is 124. The van der Waals surface area contributed by atoms with Gasteiger partial charge in [0.1, 0.15) is 0 Å². The van der Waals surface area contributed by atoms with Crippen LogP contribution in [0.1, 0.15) is 13.3 Å². The van der Waals surface area contributed by atoms with Gasteiger partial charge in [0.05, 0.1) is 10.4 Å². The van der Waals surface area contributed by atoms with E-state index in [2.05, 4.69) is 11.9 Å². The molecule has 0 radical (unpaired) electrons. The first kappa shape index (κ1) is 7.42. The Hall–Kier alpha value is 0.310. The van der Waals surface area contributed by atoms with Gasteiger partial charge in [-0.3, -0.25) is 4.99 Å². The number of aliphatic imine (C=N–C) groups is 1. The van der Waals surface area contributed by atoms with Crippen molar-refractivity contribution in [2.45, 2.75) is 18.7 Å². The summed E-state index contributed by atoms with van der Waals surface area (Å²) in [4.78, 5) is 4.25. The number of alkyl halides is 1. The van der Waals surface area contributed by atoms with Crippen molar-refractivity contribution in [2.75, 3.05) is 12.3 Å². The maximum atomic E-state index is 5.92. The summed E-state index contributed by atoms with van der Waals surface area (Å²) in [5.74, 6) is 1.12. The normalized spacial score (nSPS) is 21.8. The molecule has 52 valence electrons. The minimum Gasteiger partial charge on any atom is -0.280 e. The Kier molecular flexibility index (Phi) is 2.86. The minimum atomic E-state index is 0.178. The summed E-state index contributed by atoms with van der Waals surface area (Å²) in [6.07, 6.45) is 0.993. The monoisotopic (exact) mass is 163 g/mol. The molecule has 9 heavy (non-hydrogen) atoms. The Labute approximate surface area is 64.9 Å². The Morgan fingerprint density at radius 1 is 1.89 bits per heavy atom. The molecule has 0 bridgehead atoms. The van der Waals surface area contributed by atoms with Crippen LogP contribution in [0.15, 0.2) is 4.99 Å². The molecular weight excluding hydrogens is 154 g/mol. The lowest BCUT2D eigenvalue weighted by molar-refractivity contribution is 1.00. The molecule has 0 aromatic heterocycles. The molecule has 0 amide bonds. The molecule has 3 heteroatoms. The van der Waals surface area contributed by atoms with Crippen molar-refractivity contribution >= 4 is 28.4 Å². The number of rotatable bonds is 2. The zero-order valence-electron chi connectivity index (χ0n) is 5.43. The third-order valence-electron chi connectivity index (χ3n) is 1.24. The highest BCUT2D eigenvalue weighted by molar-refractivity contribution is 8.14. The Balaban J connectivity index is 2.40. The van der Waals surface area contributed by atoms with Gasteiger partial charge >= 0.3 is 0 Å². The first-order valence-corrected chi connectivity index (χ1v) is 4.58. The van der Waals surface area contributed by atoms with Crippen LogP contribution in [0.4, 0.5) is 0 Å². The second kappa shape index (κ2) is 3.47. The average molecular weight is 164 g/mol. The molecule has 0 spiro atoms. The number of hydrogen-bond donors (Lipinski definition) is 0. The molecule has 0 saturated heterocycles. The second-order valence-corrected chi connectivity index (χ2v) is 3.59.